The molecule has 1 aromatic rings. The van der Waals surface area contributed by atoms with Gasteiger partial charge in [-0.3, -0.25) is 4.79 Å². The summed E-state index contributed by atoms with van der Waals surface area (Å²) in [4.78, 5) is 11.9. The second-order valence-corrected chi connectivity index (χ2v) is 5.11. The number of halogens is 1. The zero-order valence-corrected chi connectivity index (χ0v) is 11.8. The van der Waals surface area contributed by atoms with Crippen molar-refractivity contribution in [2.75, 3.05) is 12.4 Å². The molecule has 1 saturated carbocycles. The highest BCUT2D eigenvalue weighted by Gasteiger charge is 2.29. The number of methoxy groups -OCH3 is 1. The summed E-state index contributed by atoms with van der Waals surface area (Å²) in [6.07, 6.45) is 5.55. The molecule has 0 unspecified atom stereocenters. The Morgan fingerprint density at radius 3 is 3.06 bits per heavy atom. The molecular weight excluding hydrogens is 298 g/mol. The molecule has 0 atom stereocenters. The van der Waals surface area contributed by atoms with E-state index in [1.165, 1.54) is 4.68 Å². The molecular formula is C12H16BrN3O2. The fourth-order valence-electron chi connectivity index (χ4n) is 1.91. The highest BCUT2D eigenvalue weighted by Crippen LogP contribution is 2.27. The second kappa shape index (κ2) is 5.67. The Morgan fingerprint density at radius 1 is 1.72 bits per heavy atom. The van der Waals surface area contributed by atoms with Gasteiger partial charge in [-0.1, -0.05) is 6.08 Å². The van der Waals surface area contributed by atoms with Crippen LogP contribution in [-0.4, -0.2) is 29.0 Å². The lowest BCUT2D eigenvalue weighted by atomic mass is 9.89. The molecule has 0 bridgehead atoms. The second-order valence-electron chi connectivity index (χ2n) is 4.32. The average molecular weight is 314 g/mol. The fraction of sp³-hybridized carbons (Fsp3) is 0.500. The van der Waals surface area contributed by atoms with Crippen LogP contribution in [0.2, 0.25) is 0 Å². The van der Waals surface area contributed by atoms with Crippen LogP contribution in [0.15, 0.2) is 28.1 Å². The summed E-state index contributed by atoms with van der Waals surface area (Å²) in [5.74, 6) is 0. The van der Waals surface area contributed by atoms with Gasteiger partial charge in [0.1, 0.15) is 4.47 Å². The van der Waals surface area contributed by atoms with Crippen LogP contribution in [0.1, 0.15) is 12.8 Å². The van der Waals surface area contributed by atoms with Crippen molar-refractivity contribution in [3.05, 3.63) is 33.7 Å². The molecule has 18 heavy (non-hydrogen) atoms. The standard InChI is InChI=1S/C12H16BrN3O2/c1-3-4-16-12(17)11(13)10(7-14-16)15-8-5-9(6-8)18-2/h3,7-9,15H,1,4-6H2,2H3. The summed E-state index contributed by atoms with van der Waals surface area (Å²) in [6, 6.07) is 0.350. The molecule has 0 saturated heterocycles. The van der Waals surface area contributed by atoms with Crippen LogP contribution in [0.4, 0.5) is 5.69 Å². The van der Waals surface area contributed by atoms with Gasteiger partial charge in [-0.25, -0.2) is 4.68 Å². The molecule has 0 spiro atoms. The van der Waals surface area contributed by atoms with Gasteiger partial charge in [0.2, 0.25) is 0 Å². The molecule has 0 aromatic carbocycles. The highest BCUT2D eigenvalue weighted by atomic mass is 79.9. The number of hydrogen-bond donors (Lipinski definition) is 1. The smallest absolute Gasteiger partial charge is 0.283 e. The van der Waals surface area contributed by atoms with E-state index in [4.69, 9.17) is 4.74 Å². The molecule has 1 aliphatic carbocycles. The van der Waals surface area contributed by atoms with E-state index in [0.29, 0.717) is 23.2 Å². The first-order valence-electron chi connectivity index (χ1n) is 5.81. The fourth-order valence-corrected chi connectivity index (χ4v) is 2.34. The molecule has 98 valence electrons. The molecule has 2 rings (SSSR count). The van der Waals surface area contributed by atoms with Gasteiger partial charge >= 0.3 is 0 Å². The SMILES string of the molecule is C=CCn1ncc(NC2CC(OC)C2)c(Br)c1=O. The monoisotopic (exact) mass is 313 g/mol. The minimum absolute atomic E-state index is 0.150. The predicted molar refractivity (Wildman–Crippen MR) is 73.8 cm³/mol. The summed E-state index contributed by atoms with van der Waals surface area (Å²) in [5, 5.41) is 7.38. The number of allylic oxidation sites excluding steroid dienone is 1. The van der Waals surface area contributed by atoms with Crippen molar-refractivity contribution >= 4 is 21.6 Å². The van der Waals surface area contributed by atoms with E-state index in [2.05, 4.69) is 32.9 Å². The normalized spacial score (nSPS) is 22.3. The molecule has 1 aliphatic rings. The van der Waals surface area contributed by atoms with Gasteiger partial charge in [0.15, 0.2) is 0 Å². The lowest BCUT2D eigenvalue weighted by molar-refractivity contribution is 0.0328. The Balaban J connectivity index is 2.08. The number of aromatic nitrogens is 2. The van der Waals surface area contributed by atoms with Crippen molar-refractivity contribution in [2.45, 2.75) is 31.5 Å². The third kappa shape index (κ3) is 2.64. The minimum Gasteiger partial charge on any atom is -0.381 e. The number of ether oxygens (including phenoxy) is 1. The van der Waals surface area contributed by atoms with E-state index >= 15 is 0 Å². The molecule has 6 heteroatoms. The first-order valence-corrected chi connectivity index (χ1v) is 6.60. The molecule has 1 heterocycles. The zero-order valence-electron chi connectivity index (χ0n) is 10.2. The molecule has 5 nitrogen and oxygen atoms in total. The third-order valence-corrected chi connectivity index (χ3v) is 3.84. The van der Waals surface area contributed by atoms with Crippen molar-refractivity contribution in [2.24, 2.45) is 0 Å². The molecule has 1 N–H and O–H groups in total. The van der Waals surface area contributed by atoms with Crippen LogP contribution in [0.3, 0.4) is 0 Å². The molecule has 0 radical (unpaired) electrons. The maximum absolute atomic E-state index is 11.9. The Hall–Kier alpha value is -1.14. The third-order valence-electron chi connectivity index (χ3n) is 3.07. The first-order chi connectivity index (χ1) is 8.65. The highest BCUT2D eigenvalue weighted by molar-refractivity contribution is 9.10. The summed E-state index contributed by atoms with van der Waals surface area (Å²) in [7, 11) is 1.72. The largest absolute Gasteiger partial charge is 0.381 e. The van der Waals surface area contributed by atoms with Gasteiger partial charge in [0, 0.05) is 13.2 Å². The van der Waals surface area contributed by atoms with E-state index in [9.17, 15) is 4.79 Å². The van der Waals surface area contributed by atoms with Crippen LogP contribution in [0, 0.1) is 0 Å². The van der Waals surface area contributed by atoms with Gasteiger partial charge in [0.25, 0.3) is 5.56 Å². The maximum atomic E-state index is 11.9. The van der Waals surface area contributed by atoms with Gasteiger partial charge in [-0.2, -0.15) is 5.10 Å². The van der Waals surface area contributed by atoms with Gasteiger partial charge in [-0.05, 0) is 28.8 Å². The van der Waals surface area contributed by atoms with Crippen LogP contribution in [-0.2, 0) is 11.3 Å². The first kappa shape index (κ1) is 13.3. The summed E-state index contributed by atoms with van der Waals surface area (Å²) < 4.78 is 7.09. The summed E-state index contributed by atoms with van der Waals surface area (Å²) >= 11 is 3.31. The lowest BCUT2D eigenvalue weighted by Crippen LogP contribution is -2.40. The van der Waals surface area contributed by atoms with Crippen molar-refractivity contribution in [3.63, 3.8) is 0 Å². The van der Waals surface area contributed by atoms with Crippen molar-refractivity contribution in [3.8, 4) is 0 Å². The van der Waals surface area contributed by atoms with Crippen LogP contribution in [0.5, 0.6) is 0 Å². The quantitative estimate of drug-likeness (QED) is 0.842. The number of nitrogens with zero attached hydrogens (tertiary/aromatic N) is 2. The molecule has 1 aromatic heterocycles. The van der Waals surface area contributed by atoms with E-state index in [-0.39, 0.29) is 5.56 Å². The number of rotatable bonds is 5. The van der Waals surface area contributed by atoms with Gasteiger partial charge in [-0.15, -0.1) is 6.58 Å². The van der Waals surface area contributed by atoms with E-state index < -0.39 is 0 Å². The zero-order chi connectivity index (χ0) is 13.1. The Bertz CT molecular complexity index is 495. The maximum Gasteiger partial charge on any atom is 0.283 e. The van der Waals surface area contributed by atoms with Crippen molar-refractivity contribution < 1.29 is 4.74 Å². The molecule has 0 aliphatic heterocycles. The number of anilines is 1. The summed E-state index contributed by atoms with van der Waals surface area (Å²) in [5.41, 5.74) is 0.586. The van der Waals surface area contributed by atoms with E-state index in [0.717, 1.165) is 18.5 Å². The van der Waals surface area contributed by atoms with Crippen LogP contribution < -0.4 is 10.9 Å². The minimum atomic E-state index is -0.150. The van der Waals surface area contributed by atoms with Crippen LogP contribution >= 0.6 is 15.9 Å². The lowest BCUT2D eigenvalue weighted by Gasteiger charge is -2.35. The topological polar surface area (TPSA) is 56.1 Å². The summed E-state index contributed by atoms with van der Waals surface area (Å²) in [6.45, 7) is 4.00. The number of nitrogens with one attached hydrogen (secondary N) is 1. The van der Waals surface area contributed by atoms with Crippen molar-refractivity contribution in [1.82, 2.24) is 9.78 Å². The Kier molecular flexibility index (Phi) is 4.19. The average Bonchev–Trinajstić information content (AvgIpc) is 2.32. The van der Waals surface area contributed by atoms with Crippen LogP contribution in [0.25, 0.3) is 0 Å². The Morgan fingerprint density at radius 2 is 2.44 bits per heavy atom. The van der Waals surface area contributed by atoms with Gasteiger partial charge in [0.05, 0.1) is 24.5 Å². The molecule has 1 fully saturated rings. The Labute approximate surface area is 114 Å². The van der Waals surface area contributed by atoms with Gasteiger partial charge < -0.3 is 10.1 Å². The molecule has 0 amide bonds. The number of hydrogen-bond acceptors (Lipinski definition) is 4. The van der Waals surface area contributed by atoms with E-state index in [1.54, 1.807) is 19.4 Å². The van der Waals surface area contributed by atoms with E-state index in [1.807, 2.05) is 0 Å². The van der Waals surface area contributed by atoms with Crippen molar-refractivity contribution in [1.29, 1.82) is 0 Å². The predicted octanol–water partition coefficient (Wildman–Crippen LogP) is 1.78.